The number of rotatable bonds is 10. The highest BCUT2D eigenvalue weighted by Crippen LogP contribution is 2.23. The standard InChI is InChI=1S/C14H32N2O/c1-6-8-9-12(7-2)10-13(16-15)11-14(3,4)17-5/h12-13,16H,6-11,15H2,1-5H3. The molecule has 0 radical (unpaired) electrons. The van der Waals surface area contributed by atoms with Crippen molar-refractivity contribution in [3.63, 3.8) is 0 Å². The Morgan fingerprint density at radius 3 is 2.35 bits per heavy atom. The topological polar surface area (TPSA) is 47.3 Å². The van der Waals surface area contributed by atoms with Gasteiger partial charge in [-0.15, -0.1) is 0 Å². The van der Waals surface area contributed by atoms with E-state index in [1.165, 1.54) is 25.7 Å². The van der Waals surface area contributed by atoms with Crippen molar-refractivity contribution in [2.75, 3.05) is 7.11 Å². The first kappa shape index (κ1) is 16.9. The zero-order valence-corrected chi connectivity index (χ0v) is 12.4. The molecule has 0 aromatic rings. The Kier molecular flexibility index (Phi) is 8.83. The van der Waals surface area contributed by atoms with Crippen LogP contribution in [0.2, 0.25) is 0 Å². The fraction of sp³-hybridized carbons (Fsp3) is 1.00. The zero-order valence-electron chi connectivity index (χ0n) is 12.4. The third-order valence-corrected chi connectivity index (χ3v) is 3.69. The molecule has 0 amide bonds. The Bertz CT molecular complexity index is 183. The second-order valence-corrected chi connectivity index (χ2v) is 5.68. The summed E-state index contributed by atoms with van der Waals surface area (Å²) in [5.74, 6) is 6.44. The lowest BCUT2D eigenvalue weighted by molar-refractivity contribution is 0.00479. The van der Waals surface area contributed by atoms with Crippen molar-refractivity contribution in [3.8, 4) is 0 Å². The number of nitrogens with one attached hydrogen (secondary N) is 1. The molecule has 3 heteroatoms. The third-order valence-electron chi connectivity index (χ3n) is 3.69. The molecule has 2 atom stereocenters. The Balaban J connectivity index is 4.17. The fourth-order valence-electron chi connectivity index (χ4n) is 2.27. The number of hydrogen-bond acceptors (Lipinski definition) is 3. The van der Waals surface area contributed by atoms with E-state index < -0.39 is 0 Å². The SMILES string of the molecule is CCCCC(CC)CC(CC(C)(C)OC)NN. The molecule has 0 saturated heterocycles. The highest BCUT2D eigenvalue weighted by atomic mass is 16.5. The van der Waals surface area contributed by atoms with Crippen LogP contribution in [-0.2, 0) is 4.74 Å². The normalized spacial score (nSPS) is 15.9. The Morgan fingerprint density at radius 2 is 1.94 bits per heavy atom. The smallest absolute Gasteiger partial charge is 0.0638 e. The van der Waals surface area contributed by atoms with Crippen LogP contribution in [0.15, 0.2) is 0 Å². The lowest BCUT2D eigenvalue weighted by Crippen LogP contribution is -2.42. The summed E-state index contributed by atoms with van der Waals surface area (Å²) in [6, 6.07) is 0.353. The molecule has 0 saturated carbocycles. The van der Waals surface area contributed by atoms with Crippen LogP contribution >= 0.6 is 0 Å². The highest BCUT2D eigenvalue weighted by Gasteiger charge is 2.23. The van der Waals surface area contributed by atoms with Crippen LogP contribution < -0.4 is 11.3 Å². The minimum absolute atomic E-state index is 0.0971. The van der Waals surface area contributed by atoms with Gasteiger partial charge in [-0.1, -0.05) is 39.5 Å². The van der Waals surface area contributed by atoms with E-state index in [2.05, 4.69) is 33.1 Å². The van der Waals surface area contributed by atoms with Crippen molar-refractivity contribution in [1.82, 2.24) is 5.43 Å². The van der Waals surface area contributed by atoms with E-state index in [4.69, 9.17) is 10.6 Å². The van der Waals surface area contributed by atoms with Gasteiger partial charge in [0, 0.05) is 13.2 Å². The molecule has 3 N–H and O–H groups in total. The first-order valence-corrected chi connectivity index (χ1v) is 7.00. The van der Waals surface area contributed by atoms with Crippen molar-refractivity contribution in [3.05, 3.63) is 0 Å². The Hall–Kier alpha value is -0.120. The molecule has 2 unspecified atom stereocenters. The van der Waals surface area contributed by atoms with E-state index in [1.54, 1.807) is 7.11 Å². The monoisotopic (exact) mass is 244 g/mol. The molecule has 0 spiro atoms. The summed E-state index contributed by atoms with van der Waals surface area (Å²) < 4.78 is 5.47. The van der Waals surface area contributed by atoms with Gasteiger partial charge in [0.2, 0.25) is 0 Å². The number of hydrogen-bond donors (Lipinski definition) is 2. The Morgan fingerprint density at radius 1 is 1.29 bits per heavy atom. The van der Waals surface area contributed by atoms with Crippen molar-refractivity contribution >= 4 is 0 Å². The number of unbranched alkanes of at least 4 members (excludes halogenated alkanes) is 1. The summed E-state index contributed by atoms with van der Waals surface area (Å²) in [7, 11) is 1.77. The average molecular weight is 244 g/mol. The van der Waals surface area contributed by atoms with Gasteiger partial charge >= 0.3 is 0 Å². The first-order valence-electron chi connectivity index (χ1n) is 7.00. The van der Waals surface area contributed by atoms with Gasteiger partial charge in [-0.2, -0.15) is 0 Å². The van der Waals surface area contributed by atoms with E-state index in [1.807, 2.05) is 0 Å². The maximum Gasteiger partial charge on any atom is 0.0638 e. The molecular formula is C14H32N2O. The summed E-state index contributed by atoms with van der Waals surface area (Å²) in [6.07, 6.45) is 7.27. The largest absolute Gasteiger partial charge is 0.379 e. The van der Waals surface area contributed by atoms with Crippen LogP contribution in [0, 0.1) is 5.92 Å². The van der Waals surface area contributed by atoms with Gasteiger partial charge in [0.25, 0.3) is 0 Å². The quantitative estimate of drug-likeness (QED) is 0.458. The van der Waals surface area contributed by atoms with Gasteiger partial charge in [0.15, 0.2) is 0 Å². The number of methoxy groups -OCH3 is 1. The van der Waals surface area contributed by atoms with Gasteiger partial charge in [-0.3, -0.25) is 11.3 Å². The maximum atomic E-state index is 5.66. The lowest BCUT2D eigenvalue weighted by Gasteiger charge is -2.30. The van der Waals surface area contributed by atoms with Crippen LogP contribution in [0.4, 0.5) is 0 Å². The highest BCUT2D eigenvalue weighted by molar-refractivity contribution is 4.79. The van der Waals surface area contributed by atoms with Crippen LogP contribution in [0.3, 0.4) is 0 Å². The summed E-state index contributed by atoms with van der Waals surface area (Å²) >= 11 is 0. The molecule has 0 bridgehead atoms. The Labute approximate surface area is 107 Å². The van der Waals surface area contributed by atoms with E-state index in [9.17, 15) is 0 Å². The second-order valence-electron chi connectivity index (χ2n) is 5.68. The van der Waals surface area contributed by atoms with Crippen LogP contribution in [-0.4, -0.2) is 18.8 Å². The van der Waals surface area contributed by atoms with Crippen molar-refractivity contribution < 1.29 is 4.74 Å². The van der Waals surface area contributed by atoms with E-state index >= 15 is 0 Å². The van der Waals surface area contributed by atoms with Crippen LogP contribution in [0.1, 0.15) is 66.2 Å². The van der Waals surface area contributed by atoms with E-state index in [0.29, 0.717) is 6.04 Å². The number of ether oxygens (including phenoxy) is 1. The van der Waals surface area contributed by atoms with Gasteiger partial charge in [0.1, 0.15) is 0 Å². The van der Waals surface area contributed by atoms with Crippen molar-refractivity contribution in [2.24, 2.45) is 11.8 Å². The second kappa shape index (κ2) is 8.90. The minimum Gasteiger partial charge on any atom is -0.379 e. The molecule has 0 aliphatic carbocycles. The molecule has 0 aromatic carbocycles. The maximum absolute atomic E-state index is 5.66. The lowest BCUT2D eigenvalue weighted by atomic mass is 9.88. The van der Waals surface area contributed by atoms with Gasteiger partial charge in [-0.05, 0) is 32.6 Å². The first-order chi connectivity index (χ1) is 7.99. The molecule has 3 nitrogen and oxygen atoms in total. The van der Waals surface area contributed by atoms with Crippen LogP contribution in [0.5, 0.6) is 0 Å². The molecule has 0 rings (SSSR count). The molecule has 0 aliphatic heterocycles. The molecule has 0 fully saturated rings. The molecule has 0 aliphatic rings. The van der Waals surface area contributed by atoms with Gasteiger partial charge < -0.3 is 4.74 Å². The molecule has 0 heterocycles. The van der Waals surface area contributed by atoms with Gasteiger partial charge in [-0.25, -0.2) is 0 Å². The zero-order chi connectivity index (χ0) is 13.3. The predicted octanol–water partition coefficient (Wildman–Crippen LogP) is 3.24. The predicted molar refractivity (Wildman–Crippen MR) is 74.7 cm³/mol. The summed E-state index contributed by atoms with van der Waals surface area (Å²) in [4.78, 5) is 0. The van der Waals surface area contributed by atoms with Crippen molar-refractivity contribution in [1.29, 1.82) is 0 Å². The summed E-state index contributed by atoms with van der Waals surface area (Å²) in [6.45, 7) is 8.75. The van der Waals surface area contributed by atoms with E-state index in [-0.39, 0.29) is 5.60 Å². The fourth-order valence-corrected chi connectivity index (χ4v) is 2.27. The summed E-state index contributed by atoms with van der Waals surface area (Å²) in [5, 5.41) is 0. The number of hydrazine groups is 1. The van der Waals surface area contributed by atoms with E-state index in [0.717, 1.165) is 18.8 Å². The molecule has 0 aromatic heterocycles. The third kappa shape index (κ3) is 7.74. The van der Waals surface area contributed by atoms with Crippen molar-refractivity contribution in [2.45, 2.75) is 77.9 Å². The number of nitrogens with two attached hydrogens (primary N) is 1. The summed E-state index contributed by atoms with van der Waals surface area (Å²) in [5.41, 5.74) is 2.86. The minimum atomic E-state index is -0.0971. The molecule has 104 valence electrons. The average Bonchev–Trinajstić information content (AvgIpc) is 2.32. The van der Waals surface area contributed by atoms with Gasteiger partial charge in [0.05, 0.1) is 5.60 Å². The molecular weight excluding hydrogens is 212 g/mol. The molecule has 17 heavy (non-hydrogen) atoms. The van der Waals surface area contributed by atoms with Crippen LogP contribution in [0.25, 0.3) is 0 Å².